The lowest BCUT2D eigenvalue weighted by atomic mass is 10.1. The summed E-state index contributed by atoms with van der Waals surface area (Å²) in [5.41, 5.74) is 0.985. The van der Waals surface area contributed by atoms with Gasteiger partial charge in [0.15, 0.2) is 0 Å². The zero-order chi connectivity index (χ0) is 13.5. The highest BCUT2D eigenvalue weighted by molar-refractivity contribution is 9.10. The van der Waals surface area contributed by atoms with Crippen molar-refractivity contribution >= 4 is 33.4 Å². The Morgan fingerprint density at radius 1 is 1.56 bits per heavy atom. The van der Waals surface area contributed by atoms with E-state index >= 15 is 0 Å². The number of hydrogen-bond donors (Lipinski definition) is 0. The molecule has 1 rings (SSSR count). The first kappa shape index (κ1) is 15.5. The van der Waals surface area contributed by atoms with Crippen LogP contribution in [-0.2, 0) is 16.0 Å². The van der Waals surface area contributed by atoms with Crippen LogP contribution in [0.25, 0.3) is 0 Å². The number of halogens is 2. The molecule has 3 nitrogen and oxygen atoms in total. The maximum atomic E-state index is 12.0. The van der Waals surface area contributed by atoms with E-state index in [0.717, 1.165) is 10.0 Å². The van der Waals surface area contributed by atoms with Crippen LogP contribution in [0.4, 0.5) is 0 Å². The van der Waals surface area contributed by atoms with Crippen molar-refractivity contribution in [3.8, 4) is 0 Å². The Balaban J connectivity index is 2.49. The van der Waals surface area contributed by atoms with Gasteiger partial charge in [-0.25, -0.2) is 0 Å². The zero-order valence-corrected chi connectivity index (χ0v) is 12.9. The number of hydrogen-bond acceptors (Lipinski definition) is 2. The predicted molar refractivity (Wildman–Crippen MR) is 77.0 cm³/mol. The molecular formula is C13H17BrClNO2. The predicted octanol–water partition coefficient (Wildman–Crippen LogP) is 2.70. The van der Waals surface area contributed by atoms with Crippen molar-refractivity contribution in [2.45, 2.75) is 11.8 Å². The van der Waals surface area contributed by atoms with Crippen LogP contribution in [-0.4, -0.2) is 43.5 Å². The quantitative estimate of drug-likeness (QED) is 0.749. The van der Waals surface area contributed by atoms with Crippen molar-refractivity contribution < 1.29 is 9.53 Å². The molecule has 0 spiro atoms. The first-order chi connectivity index (χ1) is 8.52. The van der Waals surface area contributed by atoms with Crippen LogP contribution in [0.2, 0.25) is 0 Å². The summed E-state index contributed by atoms with van der Waals surface area (Å²) >= 11 is 9.41. The lowest BCUT2D eigenvalue weighted by molar-refractivity contribution is -0.129. The summed E-state index contributed by atoms with van der Waals surface area (Å²) in [5.74, 6) is 0.0508. The third kappa shape index (κ3) is 5.38. The van der Waals surface area contributed by atoms with Gasteiger partial charge in [0, 0.05) is 25.2 Å². The van der Waals surface area contributed by atoms with Gasteiger partial charge in [-0.3, -0.25) is 4.79 Å². The molecule has 1 aromatic carbocycles. The van der Waals surface area contributed by atoms with E-state index in [0.29, 0.717) is 19.6 Å². The summed E-state index contributed by atoms with van der Waals surface area (Å²) < 4.78 is 5.92. The van der Waals surface area contributed by atoms with Crippen molar-refractivity contribution in [1.29, 1.82) is 0 Å². The topological polar surface area (TPSA) is 29.5 Å². The number of amides is 1. The van der Waals surface area contributed by atoms with Crippen LogP contribution in [0.15, 0.2) is 28.7 Å². The lowest BCUT2D eigenvalue weighted by Crippen LogP contribution is -2.34. The van der Waals surface area contributed by atoms with Gasteiger partial charge in [0.2, 0.25) is 5.91 Å². The molecule has 100 valence electrons. The highest BCUT2D eigenvalue weighted by Gasteiger charge is 2.14. The number of alkyl halides is 1. The number of benzene rings is 1. The van der Waals surface area contributed by atoms with Gasteiger partial charge < -0.3 is 9.64 Å². The van der Waals surface area contributed by atoms with E-state index in [-0.39, 0.29) is 11.3 Å². The molecule has 1 atom stereocenters. The maximum Gasteiger partial charge on any atom is 0.226 e. The van der Waals surface area contributed by atoms with E-state index in [9.17, 15) is 4.79 Å². The number of carbonyl (C=O) groups is 1. The van der Waals surface area contributed by atoms with Crippen LogP contribution in [0.5, 0.6) is 0 Å². The number of nitrogens with zero attached hydrogens (tertiary/aromatic N) is 1. The average Bonchev–Trinajstić information content (AvgIpc) is 2.29. The lowest BCUT2D eigenvalue weighted by Gasteiger charge is -2.20. The average molecular weight is 335 g/mol. The largest absolute Gasteiger partial charge is 0.383 e. The summed E-state index contributed by atoms with van der Waals surface area (Å²) in [6.45, 7) is 0.929. The Kier molecular flexibility index (Phi) is 6.68. The fourth-order valence-corrected chi connectivity index (χ4v) is 2.37. The standard InChI is InChI=1S/C13H17BrClNO2/c1-16(8-12(15)9-18-2)13(17)7-10-4-3-5-11(14)6-10/h3-6,12H,7-9H2,1-2H3. The third-order valence-electron chi connectivity index (χ3n) is 2.49. The summed E-state index contributed by atoms with van der Waals surface area (Å²) in [6.07, 6.45) is 0.381. The van der Waals surface area contributed by atoms with Gasteiger partial charge in [-0.05, 0) is 17.7 Å². The first-order valence-corrected chi connectivity index (χ1v) is 6.87. The van der Waals surface area contributed by atoms with Gasteiger partial charge in [-0.15, -0.1) is 11.6 Å². The van der Waals surface area contributed by atoms with Crippen LogP contribution in [0, 0.1) is 0 Å². The number of likely N-dealkylation sites (N-methyl/N-ethyl adjacent to an activating group) is 1. The molecule has 0 aliphatic heterocycles. The number of rotatable bonds is 6. The van der Waals surface area contributed by atoms with E-state index in [1.165, 1.54) is 0 Å². The highest BCUT2D eigenvalue weighted by atomic mass is 79.9. The molecule has 5 heteroatoms. The molecule has 1 amide bonds. The molecule has 0 fully saturated rings. The molecule has 0 heterocycles. The van der Waals surface area contributed by atoms with E-state index in [1.807, 2.05) is 24.3 Å². The SMILES string of the molecule is COCC(Cl)CN(C)C(=O)Cc1cccc(Br)c1. The van der Waals surface area contributed by atoms with E-state index in [2.05, 4.69) is 15.9 Å². The number of ether oxygens (including phenoxy) is 1. The fourth-order valence-electron chi connectivity index (χ4n) is 1.59. The third-order valence-corrected chi connectivity index (χ3v) is 3.25. The number of methoxy groups -OCH3 is 1. The zero-order valence-electron chi connectivity index (χ0n) is 10.5. The van der Waals surface area contributed by atoms with Crippen molar-refractivity contribution in [1.82, 2.24) is 4.90 Å². The Morgan fingerprint density at radius 3 is 2.89 bits per heavy atom. The summed E-state index contributed by atoms with van der Waals surface area (Å²) in [4.78, 5) is 13.6. The summed E-state index contributed by atoms with van der Waals surface area (Å²) in [6, 6.07) is 7.73. The normalized spacial score (nSPS) is 12.2. The molecule has 18 heavy (non-hydrogen) atoms. The summed E-state index contributed by atoms with van der Waals surface area (Å²) in [7, 11) is 3.35. The molecule has 1 unspecified atom stereocenters. The van der Waals surface area contributed by atoms with Gasteiger partial charge in [0.25, 0.3) is 0 Å². The molecule has 0 saturated carbocycles. The maximum absolute atomic E-state index is 12.0. The Bertz CT molecular complexity index is 400. The second-order valence-electron chi connectivity index (χ2n) is 4.13. The van der Waals surface area contributed by atoms with Crippen LogP contribution < -0.4 is 0 Å². The van der Waals surface area contributed by atoms with Crippen LogP contribution in [0.1, 0.15) is 5.56 Å². The minimum atomic E-state index is -0.175. The minimum Gasteiger partial charge on any atom is -0.383 e. The molecule has 0 aliphatic rings. The molecule has 0 aromatic heterocycles. The second kappa shape index (κ2) is 7.77. The van der Waals surface area contributed by atoms with Crippen LogP contribution in [0.3, 0.4) is 0 Å². The van der Waals surface area contributed by atoms with Crippen molar-refractivity contribution in [3.63, 3.8) is 0 Å². The summed E-state index contributed by atoms with van der Waals surface area (Å²) in [5, 5.41) is -0.175. The van der Waals surface area contributed by atoms with Crippen molar-refractivity contribution in [2.24, 2.45) is 0 Å². The molecule has 0 radical (unpaired) electrons. The Labute approximate surface area is 121 Å². The minimum absolute atomic E-state index is 0.0508. The monoisotopic (exact) mass is 333 g/mol. The molecule has 0 bridgehead atoms. The molecule has 1 aromatic rings. The molecule has 0 aliphatic carbocycles. The first-order valence-electron chi connectivity index (χ1n) is 5.64. The van der Waals surface area contributed by atoms with E-state index in [4.69, 9.17) is 16.3 Å². The van der Waals surface area contributed by atoms with E-state index < -0.39 is 0 Å². The van der Waals surface area contributed by atoms with E-state index in [1.54, 1.807) is 19.1 Å². The highest BCUT2D eigenvalue weighted by Crippen LogP contribution is 2.13. The van der Waals surface area contributed by atoms with Gasteiger partial charge in [-0.2, -0.15) is 0 Å². The Morgan fingerprint density at radius 2 is 2.28 bits per heavy atom. The molecule has 0 saturated heterocycles. The van der Waals surface area contributed by atoms with Crippen molar-refractivity contribution in [2.75, 3.05) is 27.3 Å². The van der Waals surface area contributed by atoms with Gasteiger partial charge in [0.05, 0.1) is 18.4 Å². The van der Waals surface area contributed by atoms with Gasteiger partial charge in [-0.1, -0.05) is 28.1 Å². The molecule has 0 N–H and O–H groups in total. The smallest absolute Gasteiger partial charge is 0.226 e. The van der Waals surface area contributed by atoms with Crippen LogP contribution >= 0.6 is 27.5 Å². The van der Waals surface area contributed by atoms with Crippen molar-refractivity contribution in [3.05, 3.63) is 34.3 Å². The molecular weight excluding hydrogens is 318 g/mol. The van der Waals surface area contributed by atoms with Gasteiger partial charge in [0.1, 0.15) is 0 Å². The fraction of sp³-hybridized carbons (Fsp3) is 0.462. The van der Waals surface area contributed by atoms with Gasteiger partial charge >= 0.3 is 0 Å². The Hall–Kier alpha value is -0.580. The second-order valence-corrected chi connectivity index (χ2v) is 5.67. The number of carbonyl (C=O) groups excluding carboxylic acids is 1.